The van der Waals surface area contributed by atoms with Crippen molar-refractivity contribution in [2.45, 2.75) is 18.9 Å². The topological polar surface area (TPSA) is 70.5 Å². The number of fused-ring (bicyclic) bond motifs is 1. The van der Waals surface area contributed by atoms with Gasteiger partial charge in [-0.1, -0.05) is 30.3 Å². The molecule has 2 aromatic carbocycles. The van der Waals surface area contributed by atoms with Gasteiger partial charge in [0, 0.05) is 47.8 Å². The Balaban J connectivity index is 1.21. The number of benzene rings is 2. The maximum atomic E-state index is 13.0. The monoisotopic (exact) mass is 445 g/mol. The highest BCUT2D eigenvalue weighted by atomic mass is 16.1. The van der Waals surface area contributed by atoms with E-state index >= 15 is 0 Å². The maximum absolute atomic E-state index is 13.0. The third kappa shape index (κ3) is 4.18. The summed E-state index contributed by atoms with van der Waals surface area (Å²) < 4.78 is 0. The van der Waals surface area contributed by atoms with E-state index in [4.69, 9.17) is 0 Å². The first-order valence-corrected chi connectivity index (χ1v) is 11.4. The lowest BCUT2D eigenvalue weighted by Gasteiger charge is -2.23. The van der Waals surface area contributed by atoms with Gasteiger partial charge in [0.1, 0.15) is 5.69 Å². The molecule has 0 radical (unpaired) electrons. The number of rotatable bonds is 5. The van der Waals surface area contributed by atoms with Crippen molar-refractivity contribution in [1.82, 2.24) is 14.9 Å². The smallest absolute Gasteiger partial charge is 0.274 e. The molecule has 1 aliphatic heterocycles. The van der Waals surface area contributed by atoms with Crippen LogP contribution in [-0.2, 0) is 0 Å². The van der Waals surface area contributed by atoms with E-state index in [1.54, 1.807) is 12.3 Å². The Bertz CT molecular complexity index is 1450. The van der Waals surface area contributed by atoms with E-state index in [1.165, 1.54) is 12.8 Å². The molecule has 1 N–H and O–H groups in total. The Kier molecular flexibility index (Phi) is 5.11. The fraction of sp³-hybridized carbons (Fsp3) is 0.143. The molecule has 6 heteroatoms. The summed E-state index contributed by atoms with van der Waals surface area (Å²) in [4.78, 5) is 28.5. The molecule has 166 valence electrons. The van der Waals surface area contributed by atoms with E-state index < -0.39 is 0 Å². The lowest BCUT2D eigenvalue weighted by molar-refractivity contribution is 0.102. The number of carbonyl (C=O) groups excluding carboxylic acids is 1. The number of hydrogen-bond donors (Lipinski definition) is 1. The fourth-order valence-corrected chi connectivity index (χ4v) is 4.24. The van der Waals surface area contributed by atoms with E-state index in [0.717, 1.165) is 45.4 Å². The average molecular weight is 446 g/mol. The molecule has 2 aliphatic rings. The van der Waals surface area contributed by atoms with Crippen molar-refractivity contribution in [2.75, 3.05) is 11.9 Å². The van der Waals surface area contributed by atoms with Gasteiger partial charge in [-0.2, -0.15) is 0 Å². The van der Waals surface area contributed by atoms with Crippen LogP contribution in [0.1, 0.15) is 28.9 Å². The molecule has 1 aliphatic carbocycles. The number of nitrogens with zero attached hydrogens (tertiary/aromatic N) is 4. The Labute approximate surface area is 197 Å². The molecule has 0 spiro atoms. The van der Waals surface area contributed by atoms with Crippen LogP contribution in [0, 0.1) is 0 Å². The van der Waals surface area contributed by atoms with Gasteiger partial charge < -0.3 is 10.2 Å². The summed E-state index contributed by atoms with van der Waals surface area (Å²) in [7, 11) is 0. The van der Waals surface area contributed by atoms with E-state index in [0.29, 0.717) is 11.7 Å². The average Bonchev–Trinajstić information content (AvgIpc) is 3.75. The number of anilines is 1. The van der Waals surface area contributed by atoms with Gasteiger partial charge in [-0.25, -0.2) is 4.99 Å². The van der Waals surface area contributed by atoms with Gasteiger partial charge >= 0.3 is 0 Å². The quantitative estimate of drug-likeness (QED) is 0.447. The second-order valence-electron chi connectivity index (χ2n) is 8.70. The van der Waals surface area contributed by atoms with Gasteiger partial charge in [0.05, 0.1) is 11.9 Å². The summed E-state index contributed by atoms with van der Waals surface area (Å²) in [5, 5.41) is 4.05. The molecule has 0 atom stereocenters. The standard InChI is InChI=1S/C28H23N5O/c34-28(27-14-20(10-11-30-27)22-12-21-4-1-2-7-26(21)31-16-22)32-24-6-3-5-19(13-24)23-15-29-18-33(17-23)25-8-9-25/h1-7,10-16,18,25H,8-9,17H2,(H,32,34). The predicted octanol–water partition coefficient (Wildman–Crippen LogP) is 5.40. The number of aliphatic imine (C=N–C) groups is 1. The van der Waals surface area contributed by atoms with Crippen molar-refractivity contribution in [2.24, 2.45) is 4.99 Å². The van der Waals surface area contributed by atoms with Crippen LogP contribution in [0.2, 0.25) is 0 Å². The molecule has 0 bridgehead atoms. The number of amides is 1. The Hall–Kier alpha value is -4.32. The third-order valence-electron chi connectivity index (χ3n) is 6.22. The van der Waals surface area contributed by atoms with Crippen LogP contribution in [0.15, 0.2) is 90.3 Å². The van der Waals surface area contributed by atoms with Crippen LogP contribution < -0.4 is 5.32 Å². The second kappa shape index (κ2) is 8.56. The molecule has 2 aromatic heterocycles. The van der Waals surface area contributed by atoms with Crippen LogP contribution in [0.5, 0.6) is 0 Å². The summed E-state index contributed by atoms with van der Waals surface area (Å²) >= 11 is 0. The van der Waals surface area contributed by atoms with Gasteiger partial charge in [-0.05, 0) is 65.9 Å². The van der Waals surface area contributed by atoms with Gasteiger partial charge in [-0.15, -0.1) is 0 Å². The minimum Gasteiger partial charge on any atom is -0.355 e. The van der Waals surface area contributed by atoms with Crippen LogP contribution in [0.25, 0.3) is 27.6 Å². The first-order valence-electron chi connectivity index (χ1n) is 11.4. The minimum atomic E-state index is -0.247. The normalized spacial score (nSPS) is 15.3. The summed E-state index contributed by atoms with van der Waals surface area (Å²) in [6.07, 6.45) is 9.79. The second-order valence-corrected chi connectivity index (χ2v) is 8.70. The van der Waals surface area contributed by atoms with Crippen LogP contribution in [-0.4, -0.2) is 39.7 Å². The third-order valence-corrected chi connectivity index (χ3v) is 6.22. The van der Waals surface area contributed by atoms with E-state index in [9.17, 15) is 4.79 Å². The molecule has 6 nitrogen and oxygen atoms in total. The van der Waals surface area contributed by atoms with Gasteiger partial charge in [0.15, 0.2) is 0 Å². The Morgan fingerprint density at radius 3 is 2.74 bits per heavy atom. The zero-order valence-corrected chi connectivity index (χ0v) is 18.6. The number of aromatic nitrogens is 2. The first-order chi connectivity index (χ1) is 16.7. The fourth-order valence-electron chi connectivity index (χ4n) is 4.24. The van der Waals surface area contributed by atoms with Gasteiger partial charge in [0.25, 0.3) is 5.91 Å². The zero-order valence-electron chi connectivity index (χ0n) is 18.6. The molecule has 1 amide bonds. The van der Waals surface area contributed by atoms with Crippen molar-refractivity contribution in [3.05, 3.63) is 96.6 Å². The van der Waals surface area contributed by atoms with Crippen molar-refractivity contribution in [1.29, 1.82) is 0 Å². The van der Waals surface area contributed by atoms with Gasteiger partial charge in [-0.3, -0.25) is 14.8 Å². The highest BCUT2D eigenvalue weighted by molar-refractivity contribution is 6.03. The minimum absolute atomic E-state index is 0.247. The Morgan fingerprint density at radius 2 is 1.82 bits per heavy atom. The molecular formula is C28H23N5O. The largest absolute Gasteiger partial charge is 0.355 e. The zero-order chi connectivity index (χ0) is 22.9. The van der Waals surface area contributed by atoms with E-state index in [-0.39, 0.29) is 5.91 Å². The summed E-state index contributed by atoms with van der Waals surface area (Å²) in [5.74, 6) is -0.247. The Morgan fingerprint density at radius 1 is 0.912 bits per heavy atom. The lowest BCUT2D eigenvalue weighted by Crippen LogP contribution is -2.28. The summed E-state index contributed by atoms with van der Waals surface area (Å²) in [6, 6.07) is 22.3. The van der Waals surface area contributed by atoms with Crippen molar-refractivity contribution >= 4 is 34.4 Å². The number of hydrogen-bond acceptors (Lipinski definition) is 5. The molecule has 0 saturated heterocycles. The van der Waals surface area contributed by atoms with E-state index in [2.05, 4.69) is 37.3 Å². The lowest BCUT2D eigenvalue weighted by atomic mass is 10.0. The molecule has 1 saturated carbocycles. The van der Waals surface area contributed by atoms with Crippen LogP contribution in [0.4, 0.5) is 5.69 Å². The molecule has 34 heavy (non-hydrogen) atoms. The molecule has 4 aromatic rings. The number of pyridine rings is 2. The first kappa shape index (κ1) is 20.3. The van der Waals surface area contributed by atoms with Crippen molar-refractivity contribution in [3.63, 3.8) is 0 Å². The van der Waals surface area contributed by atoms with E-state index in [1.807, 2.05) is 67.3 Å². The van der Waals surface area contributed by atoms with Gasteiger partial charge in [0.2, 0.25) is 0 Å². The molecule has 0 unspecified atom stereocenters. The molecule has 1 fully saturated rings. The summed E-state index contributed by atoms with van der Waals surface area (Å²) in [5.41, 5.74) is 6.09. The van der Waals surface area contributed by atoms with Crippen LogP contribution in [0.3, 0.4) is 0 Å². The maximum Gasteiger partial charge on any atom is 0.274 e. The highest BCUT2D eigenvalue weighted by Crippen LogP contribution is 2.30. The number of carbonyl (C=O) groups is 1. The molecule has 6 rings (SSSR count). The SMILES string of the molecule is O=C(Nc1cccc(C2=CN=CN(C3CC3)C2)c1)c1cc(-c2cnc3ccccc3c2)ccn1. The van der Waals surface area contributed by atoms with Crippen molar-refractivity contribution in [3.8, 4) is 11.1 Å². The summed E-state index contributed by atoms with van der Waals surface area (Å²) in [6.45, 7) is 0.842. The van der Waals surface area contributed by atoms with Crippen LogP contribution >= 0.6 is 0 Å². The number of para-hydroxylation sites is 1. The molecular weight excluding hydrogens is 422 g/mol. The highest BCUT2D eigenvalue weighted by Gasteiger charge is 2.28. The number of nitrogens with one attached hydrogen (secondary N) is 1. The predicted molar refractivity (Wildman–Crippen MR) is 136 cm³/mol. The van der Waals surface area contributed by atoms with Crippen molar-refractivity contribution < 1.29 is 4.79 Å². The molecule has 3 heterocycles.